The molecule has 0 amide bonds. The van der Waals surface area contributed by atoms with E-state index < -0.39 is 0 Å². The lowest BCUT2D eigenvalue weighted by Crippen LogP contribution is -2.06. The van der Waals surface area contributed by atoms with Gasteiger partial charge in [-0.15, -0.1) is 0 Å². The summed E-state index contributed by atoms with van der Waals surface area (Å²) in [6.45, 7) is 2.08. The number of benzene rings is 5. The van der Waals surface area contributed by atoms with E-state index >= 15 is 0 Å². The highest BCUT2D eigenvalue weighted by atomic mass is 16.5. The first-order valence-electron chi connectivity index (χ1n) is 14.3. The maximum Gasteiger partial charge on any atom is 0.120 e. The number of ether oxygens (including phenoxy) is 3. The highest BCUT2D eigenvalue weighted by molar-refractivity contribution is 5.98. The van der Waals surface area contributed by atoms with Crippen LogP contribution >= 0.6 is 0 Å². The number of hydrogen-bond donors (Lipinski definition) is 1. The Bertz CT molecular complexity index is 1530. The number of hydrogen-bond acceptors (Lipinski definition) is 4. The van der Waals surface area contributed by atoms with Crippen LogP contribution in [0.2, 0.25) is 0 Å². The van der Waals surface area contributed by atoms with Crippen LogP contribution < -0.4 is 9.47 Å². The van der Waals surface area contributed by atoms with Crippen molar-refractivity contribution in [1.82, 2.24) is 0 Å². The molecule has 0 atom stereocenters. The fourth-order valence-corrected chi connectivity index (χ4v) is 4.86. The summed E-state index contributed by atoms with van der Waals surface area (Å²) in [5, 5.41) is 10.1. The fraction of sp³-hybridized carbons (Fsp3) is 0.158. The van der Waals surface area contributed by atoms with Gasteiger partial charge in [-0.05, 0) is 69.6 Å². The zero-order chi connectivity index (χ0) is 28.8. The predicted molar refractivity (Wildman–Crippen MR) is 169 cm³/mol. The monoisotopic (exact) mass is 556 g/mol. The van der Waals surface area contributed by atoms with Gasteiger partial charge in [0, 0.05) is 6.61 Å². The summed E-state index contributed by atoms with van der Waals surface area (Å²) in [5.41, 5.74) is 7.52. The lowest BCUT2D eigenvalue weighted by Gasteiger charge is -2.18. The number of aliphatic hydroxyl groups excluding tert-OH is 1. The third-order valence-corrected chi connectivity index (χ3v) is 6.91. The minimum atomic E-state index is 0.0438. The van der Waals surface area contributed by atoms with E-state index in [0.717, 1.165) is 50.5 Å². The first-order valence-corrected chi connectivity index (χ1v) is 14.3. The molecule has 0 saturated carbocycles. The van der Waals surface area contributed by atoms with Crippen LogP contribution in [0, 0.1) is 0 Å². The van der Waals surface area contributed by atoms with Gasteiger partial charge in [0.15, 0.2) is 0 Å². The Labute approximate surface area is 248 Å². The second kappa shape index (κ2) is 15.4. The van der Waals surface area contributed by atoms with Gasteiger partial charge in [-0.2, -0.15) is 0 Å². The van der Waals surface area contributed by atoms with E-state index in [9.17, 15) is 5.11 Å². The van der Waals surface area contributed by atoms with Crippen LogP contribution in [-0.2, 0) is 18.0 Å². The minimum absolute atomic E-state index is 0.0438. The van der Waals surface area contributed by atoms with Crippen molar-refractivity contribution in [3.8, 4) is 11.5 Å². The summed E-state index contributed by atoms with van der Waals surface area (Å²) >= 11 is 0. The summed E-state index contributed by atoms with van der Waals surface area (Å²) < 4.78 is 17.9. The van der Waals surface area contributed by atoms with Gasteiger partial charge in [0.2, 0.25) is 0 Å². The van der Waals surface area contributed by atoms with Crippen LogP contribution in [0.15, 0.2) is 140 Å². The summed E-state index contributed by atoms with van der Waals surface area (Å²) in [7, 11) is 0. The van der Waals surface area contributed by atoms with Crippen molar-refractivity contribution in [2.45, 2.75) is 19.6 Å². The molecule has 0 bridgehead atoms. The molecule has 0 aliphatic heterocycles. The minimum Gasteiger partial charge on any atom is -0.491 e. The van der Waals surface area contributed by atoms with Crippen LogP contribution in [0.25, 0.3) is 11.1 Å². The molecular weight excluding hydrogens is 520 g/mol. The standard InChI is InChI=1S/C38H36O4/c39-24-23-37(32-15-8-3-9-16-32)38(34-17-10-18-36(27-34)42-29-31-13-6-2-7-14-31)33-19-21-35(22-20-33)41-26-25-40-28-30-11-4-1-5-12-30/h1-22,27,39H,23-26,28-29H2/b38-37+. The highest BCUT2D eigenvalue weighted by Gasteiger charge is 2.15. The highest BCUT2D eigenvalue weighted by Crippen LogP contribution is 2.36. The molecular formula is C38H36O4. The summed E-state index contributed by atoms with van der Waals surface area (Å²) in [6, 6.07) is 46.8. The van der Waals surface area contributed by atoms with E-state index in [1.807, 2.05) is 78.9 Å². The molecule has 0 aliphatic carbocycles. The molecule has 4 nitrogen and oxygen atoms in total. The number of rotatable bonds is 14. The van der Waals surface area contributed by atoms with Gasteiger partial charge < -0.3 is 19.3 Å². The van der Waals surface area contributed by atoms with Crippen LogP contribution in [0.3, 0.4) is 0 Å². The summed E-state index contributed by atoms with van der Waals surface area (Å²) in [6.07, 6.45) is 0.519. The molecule has 0 heterocycles. The van der Waals surface area contributed by atoms with Crippen molar-refractivity contribution < 1.29 is 19.3 Å². The average molecular weight is 557 g/mol. The van der Waals surface area contributed by atoms with Gasteiger partial charge >= 0.3 is 0 Å². The van der Waals surface area contributed by atoms with E-state index in [-0.39, 0.29) is 6.61 Å². The van der Waals surface area contributed by atoms with E-state index in [1.165, 1.54) is 0 Å². The topological polar surface area (TPSA) is 47.9 Å². The van der Waals surface area contributed by atoms with Crippen LogP contribution in [-0.4, -0.2) is 24.9 Å². The third kappa shape index (κ3) is 8.20. The van der Waals surface area contributed by atoms with Gasteiger partial charge in [-0.25, -0.2) is 0 Å². The Morgan fingerprint density at radius 1 is 0.500 bits per heavy atom. The fourth-order valence-electron chi connectivity index (χ4n) is 4.86. The average Bonchev–Trinajstić information content (AvgIpc) is 3.06. The van der Waals surface area contributed by atoms with Crippen LogP contribution in [0.5, 0.6) is 11.5 Å². The number of aliphatic hydroxyl groups is 1. The molecule has 5 rings (SSSR count). The second-order valence-corrected chi connectivity index (χ2v) is 9.91. The molecule has 0 aromatic heterocycles. The molecule has 0 unspecified atom stereocenters. The Morgan fingerprint density at radius 2 is 1.12 bits per heavy atom. The smallest absolute Gasteiger partial charge is 0.120 e. The Balaban J connectivity index is 1.36. The Morgan fingerprint density at radius 3 is 1.79 bits per heavy atom. The molecule has 0 saturated heterocycles. The van der Waals surface area contributed by atoms with Crippen molar-refractivity contribution >= 4 is 11.1 Å². The molecule has 0 fully saturated rings. The van der Waals surface area contributed by atoms with Crippen molar-refractivity contribution in [1.29, 1.82) is 0 Å². The molecule has 0 radical (unpaired) electrons. The first-order chi connectivity index (χ1) is 20.8. The molecule has 212 valence electrons. The van der Waals surface area contributed by atoms with Crippen molar-refractivity contribution in [2.75, 3.05) is 19.8 Å². The van der Waals surface area contributed by atoms with Crippen molar-refractivity contribution in [3.05, 3.63) is 167 Å². The van der Waals surface area contributed by atoms with Gasteiger partial charge in [0.1, 0.15) is 24.7 Å². The van der Waals surface area contributed by atoms with E-state index in [0.29, 0.717) is 32.8 Å². The molecule has 0 spiro atoms. The molecule has 5 aromatic rings. The zero-order valence-corrected chi connectivity index (χ0v) is 23.7. The van der Waals surface area contributed by atoms with Crippen LogP contribution in [0.1, 0.15) is 34.2 Å². The first kappa shape index (κ1) is 28.9. The lowest BCUT2D eigenvalue weighted by molar-refractivity contribution is 0.0889. The Hall–Kier alpha value is -4.64. The van der Waals surface area contributed by atoms with Gasteiger partial charge in [0.05, 0.1) is 13.2 Å². The maximum absolute atomic E-state index is 10.1. The molecule has 1 N–H and O–H groups in total. The summed E-state index contributed by atoms with van der Waals surface area (Å²) in [5.74, 6) is 1.57. The van der Waals surface area contributed by atoms with Crippen molar-refractivity contribution in [3.63, 3.8) is 0 Å². The SMILES string of the molecule is OCC/C(=C(/c1ccc(OCCOCc2ccccc2)cc1)c1cccc(OCc2ccccc2)c1)c1ccccc1. The second-order valence-electron chi connectivity index (χ2n) is 9.91. The quantitative estimate of drug-likeness (QED) is 0.111. The predicted octanol–water partition coefficient (Wildman–Crippen LogP) is 8.20. The third-order valence-electron chi connectivity index (χ3n) is 6.91. The zero-order valence-electron chi connectivity index (χ0n) is 23.7. The van der Waals surface area contributed by atoms with Crippen molar-refractivity contribution in [2.24, 2.45) is 0 Å². The van der Waals surface area contributed by atoms with E-state index in [2.05, 4.69) is 60.7 Å². The van der Waals surface area contributed by atoms with E-state index in [4.69, 9.17) is 14.2 Å². The molecule has 0 aliphatic rings. The van der Waals surface area contributed by atoms with Crippen LogP contribution in [0.4, 0.5) is 0 Å². The molecule has 42 heavy (non-hydrogen) atoms. The maximum atomic E-state index is 10.1. The van der Waals surface area contributed by atoms with Gasteiger partial charge in [-0.3, -0.25) is 0 Å². The summed E-state index contributed by atoms with van der Waals surface area (Å²) in [4.78, 5) is 0. The molecule has 5 aromatic carbocycles. The lowest BCUT2D eigenvalue weighted by atomic mass is 9.88. The molecule has 4 heteroatoms. The van der Waals surface area contributed by atoms with Gasteiger partial charge in [-0.1, -0.05) is 115 Å². The normalized spacial score (nSPS) is 11.5. The van der Waals surface area contributed by atoms with E-state index in [1.54, 1.807) is 0 Å². The van der Waals surface area contributed by atoms with Gasteiger partial charge in [0.25, 0.3) is 0 Å². The largest absolute Gasteiger partial charge is 0.491 e. The Kier molecular flexibility index (Phi) is 10.6.